The van der Waals surface area contributed by atoms with Gasteiger partial charge in [-0.05, 0) is 24.6 Å². The van der Waals surface area contributed by atoms with Gasteiger partial charge in [0.05, 0.1) is 18.0 Å². The van der Waals surface area contributed by atoms with Crippen molar-refractivity contribution in [1.29, 1.82) is 0 Å². The Morgan fingerprint density at radius 2 is 2.26 bits per heavy atom. The lowest BCUT2D eigenvalue weighted by molar-refractivity contribution is 0.210. The molecule has 1 unspecified atom stereocenters. The van der Waals surface area contributed by atoms with Gasteiger partial charge in [-0.15, -0.1) is 0 Å². The van der Waals surface area contributed by atoms with Crippen LogP contribution in [0.2, 0.25) is 0 Å². The summed E-state index contributed by atoms with van der Waals surface area (Å²) in [5.41, 5.74) is 0.733. The number of likely N-dealkylation sites (tertiary alicyclic amines) is 1. The summed E-state index contributed by atoms with van der Waals surface area (Å²) in [4.78, 5) is 18.6. The fraction of sp³-hybridized carbons (Fsp3) is 0.375. The summed E-state index contributed by atoms with van der Waals surface area (Å²) < 4.78 is 17.0. The van der Waals surface area contributed by atoms with E-state index in [0.29, 0.717) is 18.2 Å². The average Bonchev–Trinajstić information content (AvgIpc) is 3.14. The Kier molecular flexibility index (Phi) is 3.45. The largest absolute Gasteiger partial charge is 0.481 e. The van der Waals surface area contributed by atoms with Gasteiger partial charge in [-0.25, -0.2) is 9.78 Å². The first-order valence-corrected chi connectivity index (χ1v) is 8.92. The molecule has 0 spiro atoms. The molecule has 120 valence electrons. The number of hydrogen-bond acceptors (Lipinski definition) is 4. The highest BCUT2D eigenvalue weighted by Crippen LogP contribution is 2.32. The molecule has 7 heteroatoms. The van der Waals surface area contributed by atoms with Gasteiger partial charge in [0.1, 0.15) is 0 Å². The molecule has 2 bridgehead atoms. The number of benzene rings is 1. The first-order valence-electron chi connectivity index (χ1n) is 7.54. The Bertz CT molecular complexity index is 810. The number of carbonyl (C=O) groups excluding carboxylic acids is 1. The SMILES string of the molecule is COc1nccc2c(NC(=O)N3C[C@@H]4C[C@H]3CS4=O)cccc12. The average molecular weight is 331 g/mol. The zero-order chi connectivity index (χ0) is 16.0. The molecular formula is C16H17N3O3S. The van der Waals surface area contributed by atoms with Crippen molar-refractivity contribution in [3.8, 4) is 5.88 Å². The van der Waals surface area contributed by atoms with Gasteiger partial charge in [0, 0.05) is 46.1 Å². The van der Waals surface area contributed by atoms with E-state index in [9.17, 15) is 9.00 Å². The molecule has 3 heterocycles. The summed E-state index contributed by atoms with van der Waals surface area (Å²) >= 11 is 0. The minimum absolute atomic E-state index is 0.104. The Hall–Kier alpha value is -2.15. The molecule has 1 N–H and O–H groups in total. The third-order valence-electron chi connectivity index (χ3n) is 4.57. The van der Waals surface area contributed by atoms with Gasteiger partial charge in [0.15, 0.2) is 0 Å². The van der Waals surface area contributed by atoms with E-state index >= 15 is 0 Å². The van der Waals surface area contributed by atoms with Crippen LogP contribution in [-0.4, -0.2) is 50.8 Å². The number of fused-ring (bicyclic) bond motifs is 3. The maximum atomic E-state index is 12.6. The first kappa shape index (κ1) is 14.4. The third-order valence-corrected chi connectivity index (χ3v) is 6.37. The van der Waals surface area contributed by atoms with Gasteiger partial charge in [0.25, 0.3) is 0 Å². The number of amides is 2. The molecule has 2 saturated heterocycles. The molecule has 2 fully saturated rings. The normalized spacial score (nSPS) is 25.8. The standard InChI is InChI=1S/C16H17N3O3S/c1-22-15-13-3-2-4-14(12(13)5-6-17-15)18-16(20)19-8-11-7-10(19)9-23(11)21/h2-6,10-11H,7-9H2,1H3,(H,18,20)/t10-,11-,23?/m0/s1. The fourth-order valence-corrected chi connectivity index (χ4v) is 5.17. The number of carbonyl (C=O) groups is 1. The number of rotatable bonds is 2. The van der Waals surface area contributed by atoms with Crippen LogP contribution in [-0.2, 0) is 10.8 Å². The van der Waals surface area contributed by atoms with Gasteiger partial charge in [-0.1, -0.05) is 6.07 Å². The molecule has 4 rings (SSSR count). The molecule has 2 aliphatic rings. The molecule has 23 heavy (non-hydrogen) atoms. The van der Waals surface area contributed by atoms with E-state index in [1.54, 1.807) is 13.3 Å². The molecule has 0 saturated carbocycles. The molecule has 2 aromatic rings. The van der Waals surface area contributed by atoms with Crippen LogP contribution in [0.25, 0.3) is 10.8 Å². The zero-order valence-electron chi connectivity index (χ0n) is 12.7. The number of methoxy groups -OCH3 is 1. The van der Waals surface area contributed by atoms with Gasteiger partial charge < -0.3 is 15.0 Å². The highest BCUT2D eigenvalue weighted by molar-refractivity contribution is 7.86. The minimum Gasteiger partial charge on any atom is -0.481 e. The minimum atomic E-state index is -0.768. The number of aromatic nitrogens is 1. The number of hydrogen-bond donors (Lipinski definition) is 1. The van der Waals surface area contributed by atoms with Crippen LogP contribution in [0.15, 0.2) is 30.5 Å². The van der Waals surface area contributed by atoms with Crippen LogP contribution < -0.4 is 10.1 Å². The summed E-state index contributed by atoms with van der Waals surface area (Å²) in [5, 5.41) is 4.87. The van der Waals surface area contributed by atoms with E-state index in [1.165, 1.54) is 0 Å². The van der Waals surface area contributed by atoms with Crippen LogP contribution in [0.5, 0.6) is 5.88 Å². The van der Waals surface area contributed by atoms with E-state index in [2.05, 4.69) is 10.3 Å². The Balaban J connectivity index is 1.61. The molecule has 0 aliphatic carbocycles. The Labute approximate surface area is 136 Å². The molecule has 6 nitrogen and oxygen atoms in total. The van der Waals surface area contributed by atoms with Crippen molar-refractivity contribution in [1.82, 2.24) is 9.88 Å². The topological polar surface area (TPSA) is 71.5 Å². The van der Waals surface area contributed by atoms with Crippen LogP contribution in [0.1, 0.15) is 6.42 Å². The van der Waals surface area contributed by atoms with Gasteiger partial charge in [-0.3, -0.25) is 4.21 Å². The van der Waals surface area contributed by atoms with Crippen LogP contribution in [0, 0.1) is 0 Å². The summed E-state index contributed by atoms with van der Waals surface area (Å²) in [6, 6.07) is 7.49. The second kappa shape index (κ2) is 5.49. The lowest BCUT2D eigenvalue weighted by Crippen LogP contribution is -2.44. The summed E-state index contributed by atoms with van der Waals surface area (Å²) in [5.74, 6) is 1.14. The number of urea groups is 1. The number of nitrogens with one attached hydrogen (secondary N) is 1. The third kappa shape index (κ3) is 2.35. The Morgan fingerprint density at radius 1 is 1.39 bits per heavy atom. The molecule has 2 amide bonds. The van der Waals surface area contributed by atoms with Crippen LogP contribution in [0.4, 0.5) is 10.5 Å². The van der Waals surface area contributed by atoms with E-state index < -0.39 is 10.8 Å². The van der Waals surface area contributed by atoms with Crippen molar-refractivity contribution >= 4 is 33.3 Å². The molecule has 0 radical (unpaired) electrons. The van der Waals surface area contributed by atoms with E-state index in [0.717, 1.165) is 22.9 Å². The summed E-state index contributed by atoms with van der Waals surface area (Å²) in [6.45, 7) is 0.582. The van der Waals surface area contributed by atoms with Crippen molar-refractivity contribution in [2.75, 3.05) is 24.7 Å². The number of nitrogens with zero attached hydrogens (tertiary/aromatic N) is 2. The zero-order valence-corrected chi connectivity index (χ0v) is 13.5. The molecular weight excluding hydrogens is 314 g/mol. The second-order valence-electron chi connectivity index (χ2n) is 5.86. The molecule has 1 aromatic heterocycles. The number of anilines is 1. The molecule has 1 aromatic carbocycles. The summed E-state index contributed by atoms with van der Waals surface area (Å²) in [7, 11) is 0.810. The highest BCUT2D eigenvalue weighted by Gasteiger charge is 2.45. The lowest BCUT2D eigenvalue weighted by Gasteiger charge is -2.27. The lowest BCUT2D eigenvalue weighted by atomic mass is 10.1. The second-order valence-corrected chi connectivity index (χ2v) is 7.62. The maximum Gasteiger partial charge on any atom is 0.322 e. The van der Waals surface area contributed by atoms with Crippen molar-refractivity contribution in [3.63, 3.8) is 0 Å². The van der Waals surface area contributed by atoms with E-state index in [-0.39, 0.29) is 17.3 Å². The van der Waals surface area contributed by atoms with Gasteiger partial charge >= 0.3 is 6.03 Å². The van der Waals surface area contributed by atoms with Crippen LogP contribution in [0.3, 0.4) is 0 Å². The van der Waals surface area contributed by atoms with Crippen molar-refractivity contribution in [3.05, 3.63) is 30.5 Å². The predicted molar refractivity (Wildman–Crippen MR) is 89.2 cm³/mol. The monoisotopic (exact) mass is 331 g/mol. The smallest absolute Gasteiger partial charge is 0.322 e. The number of pyridine rings is 1. The van der Waals surface area contributed by atoms with Crippen molar-refractivity contribution < 1.29 is 13.7 Å². The predicted octanol–water partition coefficient (Wildman–Crippen LogP) is 1.98. The summed E-state index contributed by atoms with van der Waals surface area (Å²) in [6.07, 6.45) is 2.52. The van der Waals surface area contributed by atoms with E-state index in [1.807, 2.05) is 29.2 Å². The van der Waals surface area contributed by atoms with Crippen molar-refractivity contribution in [2.24, 2.45) is 0 Å². The molecule has 3 atom stereocenters. The van der Waals surface area contributed by atoms with Crippen molar-refractivity contribution in [2.45, 2.75) is 17.7 Å². The fourth-order valence-electron chi connectivity index (χ4n) is 3.44. The number of ether oxygens (including phenoxy) is 1. The molecule has 2 aliphatic heterocycles. The maximum absolute atomic E-state index is 12.6. The van der Waals surface area contributed by atoms with Gasteiger partial charge in [0.2, 0.25) is 5.88 Å². The first-order chi connectivity index (χ1) is 11.2. The van der Waals surface area contributed by atoms with Crippen LogP contribution >= 0.6 is 0 Å². The van der Waals surface area contributed by atoms with Gasteiger partial charge in [-0.2, -0.15) is 0 Å². The quantitative estimate of drug-likeness (QED) is 0.913. The van der Waals surface area contributed by atoms with E-state index in [4.69, 9.17) is 4.74 Å². The Morgan fingerprint density at radius 3 is 2.96 bits per heavy atom. The highest BCUT2D eigenvalue weighted by atomic mass is 32.2.